The quantitative estimate of drug-likeness (QED) is 0.254. The van der Waals surface area contributed by atoms with Crippen molar-refractivity contribution < 1.29 is 19.4 Å². The molecule has 1 amide bonds. The van der Waals surface area contributed by atoms with Crippen LogP contribution in [0.5, 0.6) is 5.75 Å². The van der Waals surface area contributed by atoms with Gasteiger partial charge >= 0.3 is 0 Å². The Morgan fingerprint density at radius 1 is 1.18 bits per heavy atom. The number of aliphatic hydroxyl groups is 1. The fourth-order valence-corrected chi connectivity index (χ4v) is 4.09. The zero-order valence-electron chi connectivity index (χ0n) is 20.7. The van der Waals surface area contributed by atoms with Crippen molar-refractivity contribution in [2.45, 2.75) is 32.7 Å². The standard InChI is InChI=1S/C28H34N2O4/c1-7-16-34-23-13-12-22(17-19(23)4)26(31)24-25(21-10-8-20(9-11-21)18(2)3)30(15-14-29(5)6)28(33)27(24)32/h7-13,17-18,25,31H,1,14-16H2,2-6H3/t25-/m1/s1. The number of ketones is 1. The minimum atomic E-state index is -0.668. The second-order valence-corrected chi connectivity index (χ2v) is 9.20. The summed E-state index contributed by atoms with van der Waals surface area (Å²) in [6.07, 6.45) is 1.66. The number of Topliss-reactive ketones (excluding diaryl/α,β-unsaturated/α-hetero) is 1. The largest absolute Gasteiger partial charge is 0.507 e. The lowest BCUT2D eigenvalue weighted by Gasteiger charge is -2.27. The number of aryl methyl sites for hydroxylation is 1. The highest BCUT2D eigenvalue weighted by Gasteiger charge is 2.45. The molecule has 0 unspecified atom stereocenters. The zero-order chi connectivity index (χ0) is 25.0. The first-order valence-corrected chi connectivity index (χ1v) is 11.5. The third-order valence-electron chi connectivity index (χ3n) is 6.05. The van der Waals surface area contributed by atoms with Gasteiger partial charge in [-0.3, -0.25) is 9.59 Å². The van der Waals surface area contributed by atoms with Gasteiger partial charge in [0.15, 0.2) is 0 Å². The van der Waals surface area contributed by atoms with Crippen LogP contribution >= 0.6 is 0 Å². The molecule has 0 spiro atoms. The van der Waals surface area contributed by atoms with Crippen molar-refractivity contribution in [3.05, 3.63) is 82.9 Å². The Balaban J connectivity index is 2.10. The van der Waals surface area contributed by atoms with Gasteiger partial charge < -0.3 is 19.6 Å². The number of likely N-dealkylation sites (tertiary alicyclic amines) is 1. The smallest absolute Gasteiger partial charge is 0.295 e. The number of hydrogen-bond acceptors (Lipinski definition) is 5. The molecule has 1 saturated heterocycles. The van der Waals surface area contributed by atoms with E-state index >= 15 is 0 Å². The van der Waals surface area contributed by atoms with Crippen molar-refractivity contribution in [1.82, 2.24) is 9.80 Å². The summed E-state index contributed by atoms with van der Waals surface area (Å²) in [7, 11) is 3.84. The summed E-state index contributed by atoms with van der Waals surface area (Å²) < 4.78 is 5.63. The van der Waals surface area contributed by atoms with Crippen LogP contribution in [0, 0.1) is 6.92 Å². The summed E-state index contributed by atoms with van der Waals surface area (Å²) in [5.41, 5.74) is 3.36. The maximum atomic E-state index is 13.2. The normalized spacial score (nSPS) is 17.6. The van der Waals surface area contributed by atoms with E-state index in [4.69, 9.17) is 4.74 Å². The Kier molecular flexibility index (Phi) is 7.94. The molecule has 3 rings (SSSR count). The number of nitrogens with zero attached hydrogens (tertiary/aromatic N) is 2. The van der Waals surface area contributed by atoms with Gasteiger partial charge in [0, 0.05) is 18.7 Å². The van der Waals surface area contributed by atoms with Crippen LogP contribution in [0.2, 0.25) is 0 Å². The zero-order valence-corrected chi connectivity index (χ0v) is 20.7. The van der Waals surface area contributed by atoms with E-state index in [0.717, 1.165) is 11.1 Å². The summed E-state index contributed by atoms with van der Waals surface area (Å²) >= 11 is 0. The fraction of sp³-hybridized carbons (Fsp3) is 0.357. The van der Waals surface area contributed by atoms with Crippen molar-refractivity contribution in [2.24, 2.45) is 0 Å². The second kappa shape index (κ2) is 10.7. The lowest BCUT2D eigenvalue weighted by Crippen LogP contribution is -2.35. The minimum absolute atomic E-state index is 0.111. The van der Waals surface area contributed by atoms with E-state index in [0.29, 0.717) is 36.9 Å². The molecule has 6 heteroatoms. The number of aliphatic hydroxyl groups excluding tert-OH is 1. The Hall–Kier alpha value is -3.38. The maximum absolute atomic E-state index is 13.2. The Labute approximate surface area is 202 Å². The first-order chi connectivity index (χ1) is 16.1. The molecule has 1 heterocycles. The molecule has 34 heavy (non-hydrogen) atoms. The first kappa shape index (κ1) is 25.2. The topological polar surface area (TPSA) is 70.1 Å². The third-order valence-corrected chi connectivity index (χ3v) is 6.05. The van der Waals surface area contributed by atoms with Crippen LogP contribution in [0.3, 0.4) is 0 Å². The SMILES string of the molecule is C=CCOc1ccc(C(O)=C2C(=O)C(=O)N(CCN(C)C)[C@@H]2c2ccc(C(C)C)cc2)cc1C. The maximum Gasteiger partial charge on any atom is 0.295 e. The molecule has 180 valence electrons. The van der Waals surface area contributed by atoms with Crippen LogP contribution in [-0.2, 0) is 9.59 Å². The van der Waals surface area contributed by atoms with Crippen molar-refractivity contribution in [3.63, 3.8) is 0 Å². The molecular formula is C28H34N2O4. The lowest BCUT2D eigenvalue weighted by atomic mass is 9.93. The van der Waals surface area contributed by atoms with Crippen LogP contribution in [-0.4, -0.2) is 60.4 Å². The van der Waals surface area contributed by atoms with Gasteiger partial charge in [-0.25, -0.2) is 0 Å². The van der Waals surface area contributed by atoms with Gasteiger partial charge in [-0.2, -0.15) is 0 Å². The first-order valence-electron chi connectivity index (χ1n) is 11.5. The minimum Gasteiger partial charge on any atom is -0.507 e. The number of likely N-dealkylation sites (N-methyl/N-ethyl adjacent to an activating group) is 1. The van der Waals surface area contributed by atoms with Crippen molar-refractivity contribution in [3.8, 4) is 5.75 Å². The second-order valence-electron chi connectivity index (χ2n) is 9.20. The third kappa shape index (κ3) is 5.23. The molecule has 0 aliphatic carbocycles. The van der Waals surface area contributed by atoms with E-state index in [9.17, 15) is 14.7 Å². The average molecular weight is 463 g/mol. The summed E-state index contributed by atoms with van der Waals surface area (Å²) in [4.78, 5) is 29.7. The Bertz CT molecular complexity index is 1100. The number of carbonyl (C=O) groups is 2. The van der Waals surface area contributed by atoms with Crippen LogP contribution in [0.15, 0.2) is 60.7 Å². The summed E-state index contributed by atoms with van der Waals surface area (Å²) in [6, 6.07) is 12.5. The summed E-state index contributed by atoms with van der Waals surface area (Å²) in [6.45, 7) is 11.1. The molecule has 0 radical (unpaired) electrons. The Morgan fingerprint density at radius 3 is 2.41 bits per heavy atom. The van der Waals surface area contributed by atoms with E-state index < -0.39 is 17.7 Å². The number of hydrogen-bond donors (Lipinski definition) is 1. The number of ether oxygens (including phenoxy) is 1. The van der Waals surface area contributed by atoms with E-state index in [1.807, 2.05) is 50.2 Å². The molecule has 1 N–H and O–H groups in total. The van der Waals surface area contributed by atoms with Crippen molar-refractivity contribution >= 4 is 17.4 Å². The Morgan fingerprint density at radius 2 is 1.85 bits per heavy atom. The van der Waals surface area contributed by atoms with E-state index in [-0.39, 0.29) is 11.3 Å². The highest BCUT2D eigenvalue weighted by Crippen LogP contribution is 2.40. The molecule has 2 aromatic rings. The van der Waals surface area contributed by atoms with Crippen molar-refractivity contribution in [2.75, 3.05) is 33.8 Å². The molecular weight excluding hydrogens is 428 g/mol. The molecule has 0 aromatic heterocycles. The number of rotatable bonds is 9. The highest BCUT2D eigenvalue weighted by molar-refractivity contribution is 6.46. The van der Waals surface area contributed by atoms with E-state index in [2.05, 4.69) is 20.4 Å². The molecule has 1 fully saturated rings. The van der Waals surface area contributed by atoms with Gasteiger partial charge in [0.1, 0.15) is 18.1 Å². The molecule has 6 nitrogen and oxygen atoms in total. The average Bonchev–Trinajstić information content (AvgIpc) is 3.06. The van der Waals surface area contributed by atoms with Gasteiger partial charge in [0.2, 0.25) is 0 Å². The molecule has 0 saturated carbocycles. The van der Waals surface area contributed by atoms with Crippen LogP contribution < -0.4 is 4.74 Å². The van der Waals surface area contributed by atoms with Crippen molar-refractivity contribution in [1.29, 1.82) is 0 Å². The van der Waals surface area contributed by atoms with Gasteiger partial charge in [-0.1, -0.05) is 50.8 Å². The monoisotopic (exact) mass is 462 g/mol. The van der Waals surface area contributed by atoms with Crippen LogP contribution in [0.4, 0.5) is 0 Å². The summed E-state index contributed by atoms with van der Waals surface area (Å²) in [5, 5.41) is 11.3. The van der Waals surface area contributed by atoms with Crippen LogP contribution in [0.25, 0.3) is 5.76 Å². The number of carbonyl (C=O) groups excluding carboxylic acids is 2. The van der Waals surface area contributed by atoms with E-state index in [1.165, 1.54) is 5.56 Å². The predicted molar refractivity (Wildman–Crippen MR) is 135 cm³/mol. The molecule has 1 atom stereocenters. The van der Waals surface area contributed by atoms with Gasteiger partial charge in [0.05, 0.1) is 11.6 Å². The highest BCUT2D eigenvalue weighted by atomic mass is 16.5. The fourth-order valence-electron chi connectivity index (χ4n) is 4.09. The molecule has 0 bridgehead atoms. The molecule has 1 aliphatic heterocycles. The van der Waals surface area contributed by atoms with Gasteiger partial charge in [-0.15, -0.1) is 0 Å². The molecule has 1 aliphatic rings. The summed E-state index contributed by atoms with van der Waals surface area (Å²) in [5.74, 6) is -0.410. The van der Waals surface area contributed by atoms with Gasteiger partial charge in [0.25, 0.3) is 11.7 Å². The van der Waals surface area contributed by atoms with Gasteiger partial charge in [-0.05, 0) is 61.8 Å². The lowest BCUT2D eigenvalue weighted by molar-refractivity contribution is -0.140. The van der Waals surface area contributed by atoms with E-state index in [1.54, 1.807) is 29.2 Å². The van der Waals surface area contributed by atoms with Crippen LogP contribution in [0.1, 0.15) is 48.1 Å². The molecule has 2 aromatic carbocycles. The number of benzene rings is 2. The predicted octanol–water partition coefficient (Wildman–Crippen LogP) is 4.67. The number of amides is 1.